The van der Waals surface area contributed by atoms with Crippen molar-refractivity contribution in [3.63, 3.8) is 0 Å². The highest BCUT2D eigenvalue weighted by Crippen LogP contribution is 2.33. The van der Waals surface area contributed by atoms with E-state index in [0.717, 1.165) is 47.7 Å². The predicted octanol–water partition coefficient (Wildman–Crippen LogP) is 6.17. The van der Waals surface area contributed by atoms with E-state index in [2.05, 4.69) is 45.7 Å². The van der Waals surface area contributed by atoms with Gasteiger partial charge < -0.3 is 4.57 Å². The third kappa shape index (κ3) is 5.25. The fraction of sp³-hybridized carbons (Fsp3) is 0.185. The van der Waals surface area contributed by atoms with Crippen LogP contribution in [0.5, 0.6) is 0 Å². The van der Waals surface area contributed by atoms with E-state index in [9.17, 15) is 4.39 Å². The van der Waals surface area contributed by atoms with E-state index >= 15 is 0 Å². The Kier molecular flexibility index (Phi) is 7.32. The summed E-state index contributed by atoms with van der Waals surface area (Å²) in [6.07, 6.45) is 5.97. The highest BCUT2D eigenvalue weighted by molar-refractivity contribution is 6.19. The number of alkyl halides is 1. The average molecular weight is 444 g/mol. The molecule has 0 aliphatic carbocycles. The van der Waals surface area contributed by atoms with Crippen LogP contribution in [0.25, 0.3) is 22.5 Å². The molecule has 2 aromatic carbocycles. The summed E-state index contributed by atoms with van der Waals surface area (Å²) in [6.45, 7) is 0.790. The lowest BCUT2D eigenvalue weighted by molar-refractivity contribution is 0.625. The molecule has 0 fully saturated rings. The van der Waals surface area contributed by atoms with Gasteiger partial charge in [0.25, 0.3) is 0 Å². The highest BCUT2D eigenvalue weighted by atomic mass is 35.5. The molecule has 0 saturated carbocycles. The summed E-state index contributed by atoms with van der Waals surface area (Å²) in [6, 6.07) is 20.9. The number of aromatic nitrogens is 3. The average Bonchev–Trinajstić information content (AvgIpc) is 3.19. The summed E-state index contributed by atoms with van der Waals surface area (Å²) < 4.78 is 15.8. The van der Waals surface area contributed by atoms with Crippen molar-refractivity contribution in [3.8, 4) is 34.4 Å². The third-order valence-electron chi connectivity index (χ3n) is 5.25. The zero-order valence-corrected chi connectivity index (χ0v) is 18.4. The fourth-order valence-corrected chi connectivity index (χ4v) is 3.86. The number of hydrogen-bond acceptors (Lipinski definition) is 2. The van der Waals surface area contributed by atoms with E-state index in [1.165, 1.54) is 17.7 Å². The minimum atomic E-state index is -0.269. The van der Waals surface area contributed by atoms with Crippen LogP contribution in [0.1, 0.15) is 17.8 Å². The smallest absolute Gasteiger partial charge is 0.123 e. The van der Waals surface area contributed by atoms with Crippen molar-refractivity contribution >= 4 is 11.6 Å². The van der Waals surface area contributed by atoms with Crippen molar-refractivity contribution in [1.82, 2.24) is 14.5 Å². The monoisotopic (exact) mass is 443 g/mol. The third-order valence-corrected chi connectivity index (χ3v) is 5.38. The van der Waals surface area contributed by atoms with Crippen molar-refractivity contribution in [1.29, 1.82) is 0 Å². The number of hydrogen-bond donors (Lipinski definition) is 0. The topological polar surface area (TPSA) is 30.7 Å². The Bertz CT molecular complexity index is 1210. The first-order chi connectivity index (χ1) is 15.8. The largest absolute Gasteiger partial charge is 0.327 e. The van der Waals surface area contributed by atoms with E-state index in [1.54, 1.807) is 24.5 Å². The molecule has 5 heteroatoms. The van der Waals surface area contributed by atoms with Gasteiger partial charge in [-0.05, 0) is 54.8 Å². The Labute approximate surface area is 192 Å². The lowest BCUT2D eigenvalue weighted by Gasteiger charge is -2.13. The summed E-state index contributed by atoms with van der Waals surface area (Å²) >= 11 is 5.76. The Morgan fingerprint density at radius 1 is 0.875 bits per heavy atom. The molecule has 2 aromatic heterocycles. The maximum absolute atomic E-state index is 13.6. The van der Waals surface area contributed by atoms with Gasteiger partial charge in [-0.2, -0.15) is 0 Å². The lowest BCUT2D eigenvalue weighted by atomic mass is 10.1. The number of nitrogens with zero attached hydrogens (tertiary/aromatic N) is 3. The van der Waals surface area contributed by atoms with E-state index in [0.29, 0.717) is 6.42 Å². The molecule has 0 atom stereocenters. The first-order valence-electron chi connectivity index (χ1n) is 10.6. The molecule has 0 N–H and O–H groups in total. The lowest BCUT2D eigenvalue weighted by Crippen LogP contribution is -2.07. The molecular formula is C27H23ClFN3. The Morgan fingerprint density at radius 2 is 1.62 bits per heavy atom. The highest BCUT2D eigenvalue weighted by Gasteiger charge is 2.19. The van der Waals surface area contributed by atoms with E-state index < -0.39 is 0 Å². The minimum Gasteiger partial charge on any atom is -0.327 e. The van der Waals surface area contributed by atoms with Crippen molar-refractivity contribution in [3.05, 3.63) is 96.3 Å². The zero-order chi connectivity index (χ0) is 22.2. The molecular weight excluding hydrogens is 421 g/mol. The molecule has 0 spiro atoms. The van der Waals surface area contributed by atoms with Crippen LogP contribution in [0.15, 0.2) is 79.1 Å². The van der Waals surface area contributed by atoms with E-state index in [-0.39, 0.29) is 11.7 Å². The van der Waals surface area contributed by atoms with Gasteiger partial charge in [0, 0.05) is 30.1 Å². The molecule has 0 radical (unpaired) electrons. The zero-order valence-electron chi connectivity index (χ0n) is 17.6. The van der Waals surface area contributed by atoms with E-state index in [1.807, 2.05) is 18.2 Å². The molecule has 4 aromatic rings. The van der Waals surface area contributed by atoms with Gasteiger partial charge in [0.15, 0.2) is 0 Å². The van der Waals surface area contributed by atoms with Gasteiger partial charge in [-0.3, -0.25) is 4.98 Å². The fourth-order valence-electron chi connectivity index (χ4n) is 3.76. The van der Waals surface area contributed by atoms with Crippen LogP contribution in [0.2, 0.25) is 0 Å². The van der Waals surface area contributed by atoms with Gasteiger partial charge in [0.2, 0.25) is 0 Å². The molecule has 160 valence electrons. The first kappa shape index (κ1) is 21.8. The molecule has 2 heterocycles. The predicted molar refractivity (Wildman–Crippen MR) is 128 cm³/mol. The molecule has 0 amide bonds. The van der Waals surface area contributed by atoms with Crippen LogP contribution in [0.3, 0.4) is 0 Å². The van der Waals surface area contributed by atoms with Gasteiger partial charge in [-0.15, -0.1) is 11.6 Å². The number of benzene rings is 2. The van der Waals surface area contributed by atoms with Crippen LogP contribution < -0.4 is 0 Å². The molecule has 0 aliphatic rings. The second kappa shape index (κ2) is 10.7. The SMILES string of the molecule is Fc1ccc(-c2nc(CC#CCCl)n(CCCc3ccccc3)c2-c2ccncc2)cc1. The second-order valence-electron chi connectivity index (χ2n) is 7.37. The van der Waals surface area contributed by atoms with Crippen LogP contribution in [-0.2, 0) is 19.4 Å². The maximum Gasteiger partial charge on any atom is 0.123 e. The second-order valence-corrected chi connectivity index (χ2v) is 7.64. The van der Waals surface area contributed by atoms with Crippen molar-refractivity contribution in [2.45, 2.75) is 25.8 Å². The van der Waals surface area contributed by atoms with Gasteiger partial charge in [0.1, 0.15) is 11.6 Å². The molecule has 0 bridgehead atoms. The number of halogens is 2. The van der Waals surface area contributed by atoms with E-state index in [4.69, 9.17) is 16.6 Å². The number of aryl methyl sites for hydroxylation is 1. The Hall–Kier alpha value is -3.42. The Morgan fingerprint density at radius 3 is 2.34 bits per heavy atom. The van der Waals surface area contributed by atoms with Crippen molar-refractivity contribution in [2.75, 3.05) is 5.88 Å². The minimum absolute atomic E-state index is 0.269. The van der Waals surface area contributed by atoms with Crippen molar-refractivity contribution in [2.24, 2.45) is 0 Å². The first-order valence-corrected chi connectivity index (χ1v) is 11.1. The molecule has 4 rings (SSSR count). The number of imidazole rings is 1. The standard InChI is InChI=1S/C27H23ClFN3/c28-17-5-4-10-25-31-26(22-11-13-24(29)14-12-22)27(23-15-18-30-19-16-23)32(25)20-6-9-21-7-2-1-3-8-21/h1-3,7-8,11-16,18-19H,6,9-10,17,20H2. The summed E-state index contributed by atoms with van der Waals surface area (Å²) in [5, 5.41) is 0. The molecule has 0 unspecified atom stereocenters. The normalized spacial score (nSPS) is 10.6. The quantitative estimate of drug-likeness (QED) is 0.252. The van der Waals surface area contributed by atoms with Crippen molar-refractivity contribution < 1.29 is 4.39 Å². The molecule has 3 nitrogen and oxygen atoms in total. The summed E-state index contributed by atoms with van der Waals surface area (Å²) in [5.41, 5.74) is 5.00. The van der Waals surface area contributed by atoms with Crippen LogP contribution in [0, 0.1) is 17.7 Å². The molecule has 32 heavy (non-hydrogen) atoms. The number of pyridine rings is 1. The van der Waals surface area contributed by atoms with Gasteiger partial charge in [-0.25, -0.2) is 9.37 Å². The number of rotatable bonds is 7. The summed E-state index contributed by atoms with van der Waals surface area (Å²) in [4.78, 5) is 9.13. The summed E-state index contributed by atoms with van der Waals surface area (Å²) in [5.74, 6) is 6.94. The molecule has 0 saturated heterocycles. The van der Waals surface area contributed by atoms with Gasteiger partial charge in [0.05, 0.1) is 23.7 Å². The Balaban J connectivity index is 1.77. The van der Waals surface area contributed by atoms with Gasteiger partial charge in [-0.1, -0.05) is 42.2 Å². The van der Waals surface area contributed by atoms with Crippen LogP contribution >= 0.6 is 11.6 Å². The van der Waals surface area contributed by atoms with Crippen LogP contribution in [-0.4, -0.2) is 20.4 Å². The summed E-state index contributed by atoms with van der Waals surface area (Å²) in [7, 11) is 0. The van der Waals surface area contributed by atoms with Gasteiger partial charge >= 0.3 is 0 Å². The molecule has 0 aliphatic heterocycles. The van der Waals surface area contributed by atoms with Crippen LogP contribution in [0.4, 0.5) is 4.39 Å². The maximum atomic E-state index is 13.6.